The van der Waals surface area contributed by atoms with E-state index in [1.54, 1.807) is 12.0 Å². The highest BCUT2D eigenvalue weighted by Gasteiger charge is 2.24. The number of benzene rings is 1. The third kappa shape index (κ3) is 4.51. The number of carbonyl (C=O) groups is 1. The summed E-state index contributed by atoms with van der Waals surface area (Å²) in [5.41, 5.74) is 0.999. The van der Waals surface area contributed by atoms with E-state index in [2.05, 4.69) is 0 Å². The van der Waals surface area contributed by atoms with Crippen LogP contribution in [0.5, 0.6) is 0 Å². The lowest BCUT2D eigenvalue weighted by Crippen LogP contribution is -2.41. The third-order valence-electron chi connectivity index (χ3n) is 3.33. The van der Waals surface area contributed by atoms with E-state index in [0.29, 0.717) is 26.5 Å². The molecule has 5 heteroatoms. The molecule has 1 aliphatic rings. The average molecular weight is 279 g/mol. The van der Waals surface area contributed by atoms with E-state index in [9.17, 15) is 4.79 Å². The molecule has 0 bridgehead atoms. The van der Waals surface area contributed by atoms with Crippen LogP contribution in [0.25, 0.3) is 0 Å². The van der Waals surface area contributed by atoms with Crippen molar-refractivity contribution in [1.82, 2.24) is 4.90 Å². The van der Waals surface area contributed by atoms with Crippen molar-refractivity contribution in [3.63, 3.8) is 0 Å². The lowest BCUT2D eigenvalue weighted by molar-refractivity contribution is -0.0874. The minimum absolute atomic E-state index is 0.174. The van der Waals surface area contributed by atoms with Gasteiger partial charge in [0.15, 0.2) is 0 Å². The number of nitrogens with zero attached hydrogens (tertiary/aromatic N) is 1. The molecule has 0 aromatic heterocycles. The van der Waals surface area contributed by atoms with Crippen LogP contribution in [0.4, 0.5) is 4.79 Å². The summed E-state index contributed by atoms with van der Waals surface area (Å²) in [7, 11) is 1.61. The predicted molar refractivity (Wildman–Crippen MR) is 74.2 cm³/mol. The van der Waals surface area contributed by atoms with Crippen molar-refractivity contribution in [2.75, 3.05) is 27.0 Å². The Labute approximate surface area is 119 Å². The molecular weight excluding hydrogens is 258 g/mol. The van der Waals surface area contributed by atoms with Crippen molar-refractivity contribution < 1.29 is 19.0 Å². The van der Waals surface area contributed by atoms with Crippen LogP contribution in [0, 0.1) is 0 Å². The Morgan fingerprint density at radius 2 is 1.95 bits per heavy atom. The van der Waals surface area contributed by atoms with Crippen LogP contribution < -0.4 is 0 Å². The number of methoxy groups -OCH3 is 1. The van der Waals surface area contributed by atoms with Gasteiger partial charge in [-0.15, -0.1) is 0 Å². The Balaban J connectivity index is 1.69. The number of ether oxygens (including phenoxy) is 3. The zero-order valence-corrected chi connectivity index (χ0v) is 11.8. The van der Waals surface area contributed by atoms with Crippen molar-refractivity contribution in [3.05, 3.63) is 35.9 Å². The Morgan fingerprint density at radius 3 is 2.60 bits per heavy atom. The van der Waals surface area contributed by atoms with Gasteiger partial charge in [0, 0.05) is 20.2 Å². The Morgan fingerprint density at radius 1 is 1.25 bits per heavy atom. The largest absolute Gasteiger partial charge is 0.445 e. The summed E-state index contributed by atoms with van der Waals surface area (Å²) >= 11 is 0. The molecule has 5 nitrogen and oxygen atoms in total. The minimum Gasteiger partial charge on any atom is -0.445 e. The lowest BCUT2D eigenvalue weighted by atomic mass is 10.1. The normalized spacial score (nSPS) is 16.1. The molecular formula is C15H21NO4. The first-order chi connectivity index (χ1) is 9.79. The topological polar surface area (TPSA) is 48.0 Å². The van der Waals surface area contributed by atoms with Crippen molar-refractivity contribution in [1.29, 1.82) is 0 Å². The number of rotatable bonds is 5. The molecule has 1 heterocycles. The first kappa shape index (κ1) is 14.8. The zero-order chi connectivity index (χ0) is 14.2. The number of hydrogen-bond donors (Lipinski definition) is 0. The van der Waals surface area contributed by atoms with Gasteiger partial charge in [0.05, 0.1) is 6.10 Å². The molecule has 0 spiro atoms. The average Bonchev–Trinajstić information content (AvgIpc) is 2.52. The molecule has 110 valence electrons. The summed E-state index contributed by atoms with van der Waals surface area (Å²) < 4.78 is 15.7. The zero-order valence-electron chi connectivity index (χ0n) is 11.8. The van der Waals surface area contributed by atoms with Gasteiger partial charge < -0.3 is 19.1 Å². The summed E-state index contributed by atoms with van der Waals surface area (Å²) in [5, 5.41) is 0. The van der Waals surface area contributed by atoms with E-state index in [4.69, 9.17) is 14.2 Å². The van der Waals surface area contributed by atoms with Crippen LogP contribution in [0.1, 0.15) is 18.4 Å². The molecule has 1 saturated heterocycles. The fourth-order valence-electron chi connectivity index (χ4n) is 2.18. The van der Waals surface area contributed by atoms with E-state index in [-0.39, 0.29) is 12.2 Å². The molecule has 0 aliphatic carbocycles. The molecule has 1 fully saturated rings. The molecule has 20 heavy (non-hydrogen) atoms. The standard InChI is InChI=1S/C15H21NO4/c1-18-12-20-14-7-9-16(10-8-14)15(17)19-11-13-5-3-2-4-6-13/h2-6,14H,7-12H2,1H3. The van der Waals surface area contributed by atoms with Crippen LogP contribution in [0.2, 0.25) is 0 Å². The maximum atomic E-state index is 11.9. The molecule has 1 aliphatic heterocycles. The highest BCUT2D eigenvalue weighted by molar-refractivity contribution is 5.67. The Hall–Kier alpha value is -1.59. The van der Waals surface area contributed by atoms with Crippen molar-refractivity contribution >= 4 is 6.09 Å². The van der Waals surface area contributed by atoms with Crippen LogP contribution >= 0.6 is 0 Å². The lowest BCUT2D eigenvalue weighted by Gasteiger charge is -2.31. The second kappa shape index (κ2) is 7.87. The van der Waals surface area contributed by atoms with Crippen molar-refractivity contribution in [2.24, 2.45) is 0 Å². The number of amides is 1. The van der Waals surface area contributed by atoms with Gasteiger partial charge >= 0.3 is 6.09 Å². The molecule has 0 saturated carbocycles. The molecule has 1 aromatic rings. The third-order valence-corrected chi connectivity index (χ3v) is 3.33. The van der Waals surface area contributed by atoms with E-state index >= 15 is 0 Å². The van der Waals surface area contributed by atoms with Gasteiger partial charge in [-0.3, -0.25) is 0 Å². The van der Waals surface area contributed by atoms with Gasteiger partial charge in [0.1, 0.15) is 13.4 Å². The summed E-state index contributed by atoms with van der Waals surface area (Å²) in [6.45, 7) is 1.97. The molecule has 0 atom stereocenters. The summed E-state index contributed by atoms with van der Waals surface area (Å²) in [6.07, 6.45) is 1.57. The summed E-state index contributed by atoms with van der Waals surface area (Å²) in [4.78, 5) is 13.7. The highest BCUT2D eigenvalue weighted by Crippen LogP contribution is 2.15. The van der Waals surface area contributed by atoms with Gasteiger partial charge in [0.2, 0.25) is 0 Å². The van der Waals surface area contributed by atoms with Gasteiger partial charge in [-0.2, -0.15) is 0 Å². The van der Waals surface area contributed by atoms with E-state index < -0.39 is 0 Å². The molecule has 0 unspecified atom stereocenters. The summed E-state index contributed by atoms with van der Waals surface area (Å²) in [5.74, 6) is 0. The molecule has 2 rings (SSSR count). The maximum Gasteiger partial charge on any atom is 0.410 e. The molecule has 1 amide bonds. The summed E-state index contributed by atoms with van der Waals surface area (Å²) in [6, 6.07) is 9.69. The Bertz CT molecular complexity index is 402. The molecule has 0 radical (unpaired) electrons. The van der Waals surface area contributed by atoms with Gasteiger partial charge in [-0.25, -0.2) is 4.79 Å². The quantitative estimate of drug-likeness (QED) is 0.777. The van der Waals surface area contributed by atoms with Crippen LogP contribution in [-0.4, -0.2) is 44.1 Å². The van der Waals surface area contributed by atoms with E-state index in [0.717, 1.165) is 18.4 Å². The van der Waals surface area contributed by atoms with Crippen molar-refractivity contribution in [2.45, 2.75) is 25.6 Å². The fraction of sp³-hybridized carbons (Fsp3) is 0.533. The first-order valence-electron chi connectivity index (χ1n) is 6.86. The van der Waals surface area contributed by atoms with Gasteiger partial charge in [-0.05, 0) is 18.4 Å². The molecule has 1 aromatic carbocycles. The predicted octanol–water partition coefficient (Wildman–Crippen LogP) is 2.41. The second-order valence-corrected chi connectivity index (χ2v) is 4.80. The monoisotopic (exact) mass is 279 g/mol. The number of likely N-dealkylation sites (tertiary alicyclic amines) is 1. The minimum atomic E-state index is -0.251. The van der Waals surface area contributed by atoms with Crippen LogP contribution in [0.3, 0.4) is 0 Å². The SMILES string of the molecule is COCOC1CCN(C(=O)OCc2ccccc2)CC1. The van der Waals surface area contributed by atoms with Crippen molar-refractivity contribution in [3.8, 4) is 0 Å². The van der Waals surface area contributed by atoms with E-state index in [1.807, 2.05) is 30.3 Å². The molecule has 0 N–H and O–H groups in total. The van der Waals surface area contributed by atoms with Gasteiger partial charge in [-0.1, -0.05) is 30.3 Å². The fourth-order valence-corrected chi connectivity index (χ4v) is 2.18. The second-order valence-electron chi connectivity index (χ2n) is 4.80. The first-order valence-corrected chi connectivity index (χ1v) is 6.86. The highest BCUT2D eigenvalue weighted by atomic mass is 16.7. The maximum absolute atomic E-state index is 11.9. The number of hydrogen-bond acceptors (Lipinski definition) is 4. The van der Waals surface area contributed by atoms with Gasteiger partial charge in [0.25, 0.3) is 0 Å². The van der Waals surface area contributed by atoms with Crippen LogP contribution in [0.15, 0.2) is 30.3 Å². The number of piperidine rings is 1. The smallest absolute Gasteiger partial charge is 0.410 e. The van der Waals surface area contributed by atoms with Crippen LogP contribution in [-0.2, 0) is 20.8 Å². The number of carbonyl (C=O) groups excluding carboxylic acids is 1. The van der Waals surface area contributed by atoms with E-state index in [1.165, 1.54) is 0 Å². The Kier molecular flexibility index (Phi) is 5.83.